The Balaban J connectivity index is 2.02. The first-order valence-electron chi connectivity index (χ1n) is 7.34. The first-order valence-corrected chi connectivity index (χ1v) is 8.78. The van der Waals surface area contributed by atoms with Crippen LogP contribution in [-0.4, -0.2) is 31.8 Å². The van der Waals surface area contributed by atoms with Crippen LogP contribution in [0.2, 0.25) is 0 Å². The molecule has 1 aromatic rings. The molecule has 0 spiro atoms. The summed E-state index contributed by atoms with van der Waals surface area (Å²) in [7, 11) is -3.71. The van der Waals surface area contributed by atoms with Gasteiger partial charge >= 0.3 is 0 Å². The van der Waals surface area contributed by atoms with Gasteiger partial charge in [0.1, 0.15) is 5.75 Å². The highest BCUT2D eigenvalue weighted by atomic mass is 32.2. The third-order valence-electron chi connectivity index (χ3n) is 3.46. The van der Waals surface area contributed by atoms with Crippen molar-refractivity contribution in [3.8, 4) is 5.75 Å². The first kappa shape index (κ1) is 15.8. The van der Waals surface area contributed by atoms with E-state index in [0.29, 0.717) is 25.2 Å². The van der Waals surface area contributed by atoms with Crippen LogP contribution in [0.15, 0.2) is 29.2 Å². The first-order chi connectivity index (χ1) is 10.1. The number of carbonyl (C=O) groups excluding carboxylic acids is 1. The summed E-state index contributed by atoms with van der Waals surface area (Å²) in [6.45, 7) is 3.03. The van der Waals surface area contributed by atoms with Gasteiger partial charge in [-0.25, -0.2) is 12.7 Å². The molecule has 0 atom stereocenters. The number of nitrogens with zero attached hydrogens (tertiary/aromatic N) is 1. The predicted octanol–water partition coefficient (Wildman–Crippen LogP) is 2.57. The summed E-state index contributed by atoms with van der Waals surface area (Å²) in [5.74, 6) is 0.327. The molecule has 0 aromatic heterocycles. The van der Waals surface area contributed by atoms with Crippen molar-refractivity contribution in [2.45, 2.75) is 43.9 Å². The normalized spacial score (nSPS) is 15.5. The summed E-state index contributed by atoms with van der Waals surface area (Å²) in [5, 5.41) is 0. The number of amides is 1. The van der Waals surface area contributed by atoms with Crippen molar-refractivity contribution in [2.75, 3.05) is 13.2 Å². The molecular formula is C15H21NO4S. The average Bonchev–Trinajstić information content (AvgIpc) is 2.91. The highest BCUT2D eigenvalue weighted by Gasteiger charge is 2.32. The lowest BCUT2D eigenvalue weighted by atomic mass is 10.3. The monoisotopic (exact) mass is 311 g/mol. The molecule has 6 heteroatoms. The second-order valence-electron chi connectivity index (χ2n) is 5.10. The Morgan fingerprint density at radius 3 is 2.48 bits per heavy atom. The van der Waals surface area contributed by atoms with E-state index >= 15 is 0 Å². The topological polar surface area (TPSA) is 63.7 Å². The van der Waals surface area contributed by atoms with E-state index in [-0.39, 0.29) is 17.3 Å². The number of hydrogen-bond donors (Lipinski definition) is 0. The SMILES string of the molecule is CCCCCOc1ccc(S(=O)(=O)N2CCCC2=O)cc1. The second kappa shape index (κ2) is 6.93. The van der Waals surface area contributed by atoms with Crippen LogP contribution < -0.4 is 4.74 Å². The lowest BCUT2D eigenvalue weighted by Gasteiger charge is -2.16. The van der Waals surface area contributed by atoms with E-state index in [4.69, 9.17) is 4.74 Å². The predicted molar refractivity (Wildman–Crippen MR) is 79.6 cm³/mol. The van der Waals surface area contributed by atoms with Crippen LogP contribution in [0.25, 0.3) is 0 Å². The van der Waals surface area contributed by atoms with Gasteiger partial charge in [0.15, 0.2) is 0 Å². The fourth-order valence-electron chi connectivity index (χ4n) is 2.25. The molecule has 0 unspecified atom stereocenters. The van der Waals surface area contributed by atoms with Crippen LogP contribution in [-0.2, 0) is 14.8 Å². The van der Waals surface area contributed by atoms with Gasteiger partial charge in [-0.15, -0.1) is 0 Å². The average molecular weight is 311 g/mol. The molecule has 0 saturated carbocycles. The fourth-order valence-corrected chi connectivity index (χ4v) is 3.72. The van der Waals surface area contributed by atoms with Gasteiger partial charge in [0.25, 0.3) is 10.0 Å². The summed E-state index contributed by atoms with van der Waals surface area (Å²) in [6, 6.07) is 6.27. The van der Waals surface area contributed by atoms with Crippen LogP contribution in [0.4, 0.5) is 0 Å². The van der Waals surface area contributed by atoms with E-state index in [1.807, 2.05) is 0 Å². The van der Waals surface area contributed by atoms with E-state index in [0.717, 1.165) is 23.6 Å². The molecule has 1 aliphatic rings. The zero-order valence-corrected chi connectivity index (χ0v) is 13.1. The summed E-state index contributed by atoms with van der Waals surface area (Å²) >= 11 is 0. The van der Waals surface area contributed by atoms with E-state index in [1.54, 1.807) is 12.1 Å². The van der Waals surface area contributed by atoms with Gasteiger partial charge in [-0.2, -0.15) is 0 Å². The lowest BCUT2D eigenvalue weighted by molar-refractivity contribution is -0.123. The van der Waals surface area contributed by atoms with Crippen molar-refractivity contribution < 1.29 is 17.9 Å². The molecule has 1 amide bonds. The molecule has 0 bridgehead atoms. The van der Waals surface area contributed by atoms with Crippen LogP contribution in [0.5, 0.6) is 5.75 Å². The van der Waals surface area contributed by atoms with Crippen molar-refractivity contribution in [3.63, 3.8) is 0 Å². The zero-order chi connectivity index (χ0) is 15.3. The number of rotatable bonds is 7. The molecule has 1 aliphatic heterocycles. The quantitative estimate of drug-likeness (QED) is 0.726. The van der Waals surface area contributed by atoms with E-state index in [9.17, 15) is 13.2 Å². The Kier molecular flexibility index (Phi) is 5.22. The van der Waals surface area contributed by atoms with Gasteiger partial charge in [-0.05, 0) is 37.1 Å². The van der Waals surface area contributed by atoms with Gasteiger partial charge in [-0.1, -0.05) is 19.8 Å². The van der Waals surface area contributed by atoms with Crippen molar-refractivity contribution >= 4 is 15.9 Å². The third kappa shape index (κ3) is 3.75. The highest BCUT2D eigenvalue weighted by molar-refractivity contribution is 7.89. The lowest BCUT2D eigenvalue weighted by Crippen LogP contribution is -2.31. The molecule has 1 saturated heterocycles. The molecule has 1 aromatic carbocycles. The standard InChI is InChI=1S/C15H21NO4S/c1-2-3-4-12-20-13-7-9-14(10-8-13)21(18,19)16-11-5-6-15(16)17/h7-10H,2-6,11-12H2,1H3. The number of unbranched alkanes of at least 4 members (excludes halogenated alkanes) is 2. The molecule has 1 heterocycles. The number of sulfonamides is 1. The maximum Gasteiger partial charge on any atom is 0.266 e. The minimum Gasteiger partial charge on any atom is -0.494 e. The molecule has 21 heavy (non-hydrogen) atoms. The Morgan fingerprint density at radius 2 is 1.90 bits per heavy atom. The minimum absolute atomic E-state index is 0.138. The maximum absolute atomic E-state index is 12.3. The number of carbonyl (C=O) groups is 1. The maximum atomic E-state index is 12.3. The van der Waals surface area contributed by atoms with E-state index in [2.05, 4.69) is 6.92 Å². The van der Waals surface area contributed by atoms with Crippen LogP contribution in [0.1, 0.15) is 39.0 Å². The molecule has 2 rings (SSSR count). The summed E-state index contributed by atoms with van der Waals surface area (Å²) < 4.78 is 31.1. The molecule has 0 aliphatic carbocycles. The van der Waals surface area contributed by atoms with Gasteiger partial charge in [-0.3, -0.25) is 4.79 Å². The summed E-state index contributed by atoms with van der Waals surface area (Å²) in [4.78, 5) is 11.7. The van der Waals surface area contributed by atoms with Crippen LogP contribution in [0.3, 0.4) is 0 Å². The van der Waals surface area contributed by atoms with Gasteiger partial charge in [0.05, 0.1) is 11.5 Å². The number of hydrogen-bond acceptors (Lipinski definition) is 4. The Bertz CT molecular complexity index is 580. The molecule has 1 fully saturated rings. The molecule has 116 valence electrons. The van der Waals surface area contributed by atoms with Gasteiger partial charge in [0, 0.05) is 13.0 Å². The van der Waals surface area contributed by atoms with E-state index < -0.39 is 10.0 Å². The van der Waals surface area contributed by atoms with Crippen molar-refractivity contribution in [2.24, 2.45) is 0 Å². The molecule has 0 N–H and O–H groups in total. The number of ether oxygens (including phenoxy) is 1. The summed E-state index contributed by atoms with van der Waals surface area (Å²) in [6.07, 6.45) is 4.13. The van der Waals surface area contributed by atoms with Crippen LogP contribution in [0, 0.1) is 0 Å². The Labute approximate surface area is 126 Å². The third-order valence-corrected chi connectivity index (χ3v) is 5.29. The van der Waals surface area contributed by atoms with Crippen molar-refractivity contribution in [1.29, 1.82) is 0 Å². The van der Waals surface area contributed by atoms with E-state index in [1.165, 1.54) is 12.1 Å². The fraction of sp³-hybridized carbons (Fsp3) is 0.533. The smallest absolute Gasteiger partial charge is 0.266 e. The zero-order valence-electron chi connectivity index (χ0n) is 12.2. The summed E-state index contributed by atoms with van der Waals surface area (Å²) in [5.41, 5.74) is 0. The second-order valence-corrected chi connectivity index (χ2v) is 6.96. The molecule has 0 radical (unpaired) electrons. The van der Waals surface area contributed by atoms with Gasteiger partial charge in [0.2, 0.25) is 5.91 Å². The Morgan fingerprint density at radius 1 is 1.19 bits per heavy atom. The van der Waals surface area contributed by atoms with Crippen LogP contribution >= 0.6 is 0 Å². The number of benzene rings is 1. The molecule has 5 nitrogen and oxygen atoms in total. The largest absolute Gasteiger partial charge is 0.494 e. The highest BCUT2D eigenvalue weighted by Crippen LogP contribution is 2.23. The minimum atomic E-state index is -3.71. The Hall–Kier alpha value is -1.56. The van der Waals surface area contributed by atoms with Crippen molar-refractivity contribution in [3.05, 3.63) is 24.3 Å². The van der Waals surface area contributed by atoms with Gasteiger partial charge < -0.3 is 4.74 Å². The van der Waals surface area contributed by atoms with Crippen molar-refractivity contribution in [1.82, 2.24) is 4.31 Å². The molecular weight excluding hydrogens is 290 g/mol.